The number of ether oxygens (including phenoxy) is 1. The predicted octanol–water partition coefficient (Wildman–Crippen LogP) is 3.93. The Morgan fingerprint density at radius 3 is 2.58 bits per heavy atom. The SMILES string of the molecule is CN(C)CCOc1ccnc(-c2cnc(Nc3ccnc(-c4cnn(S(=O)(=O)C5CC5)c4)n3)cc2NC2CCC(C)(O)CC2)c1. The van der Waals surface area contributed by atoms with Crippen molar-refractivity contribution in [2.45, 2.75) is 62.3 Å². The molecule has 0 spiro atoms. The molecule has 238 valence electrons. The predicted molar refractivity (Wildman–Crippen MR) is 172 cm³/mol. The number of aliphatic hydroxyl groups is 1. The Labute approximate surface area is 263 Å². The van der Waals surface area contributed by atoms with Crippen LogP contribution in [-0.2, 0) is 10.0 Å². The summed E-state index contributed by atoms with van der Waals surface area (Å²) in [6, 6.07) is 7.57. The molecule has 0 unspecified atom stereocenters. The summed E-state index contributed by atoms with van der Waals surface area (Å²) >= 11 is 0. The van der Waals surface area contributed by atoms with Gasteiger partial charge >= 0.3 is 0 Å². The van der Waals surface area contributed by atoms with Crippen LogP contribution in [0.25, 0.3) is 22.6 Å². The molecule has 13 nitrogen and oxygen atoms in total. The fraction of sp³-hybridized carbons (Fsp3) is 0.452. The molecule has 0 saturated heterocycles. The second-order valence-electron chi connectivity index (χ2n) is 12.3. The van der Waals surface area contributed by atoms with Gasteiger partial charge in [-0.15, -0.1) is 0 Å². The van der Waals surface area contributed by atoms with Crippen LogP contribution in [0.15, 0.2) is 55.2 Å². The van der Waals surface area contributed by atoms with E-state index >= 15 is 0 Å². The third-order valence-electron chi connectivity index (χ3n) is 8.08. The maximum Gasteiger partial charge on any atom is 0.256 e. The van der Waals surface area contributed by atoms with E-state index in [1.807, 2.05) is 39.2 Å². The van der Waals surface area contributed by atoms with Crippen molar-refractivity contribution in [2.24, 2.45) is 0 Å². The van der Waals surface area contributed by atoms with Gasteiger partial charge < -0.3 is 25.4 Å². The van der Waals surface area contributed by atoms with E-state index in [1.165, 1.54) is 12.4 Å². The van der Waals surface area contributed by atoms with E-state index in [-0.39, 0.29) is 11.3 Å². The van der Waals surface area contributed by atoms with Gasteiger partial charge in [0.1, 0.15) is 24.0 Å². The molecule has 6 rings (SSSR count). The molecule has 14 heteroatoms. The van der Waals surface area contributed by atoms with Gasteiger partial charge in [0, 0.05) is 54.6 Å². The topological polar surface area (TPSA) is 160 Å². The zero-order valence-corrected chi connectivity index (χ0v) is 26.5. The average Bonchev–Trinajstić information content (AvgIpc) is 3.75. The Balaban J connectivity index is 1.25. The standard InChI is InChI=1S/C31H39N9O4S/c1-31(41)10-6-22(7-11-31)36-27-17-29(34-19-25(27)26-16-23(8-12-32-26)44-15-14-39(2)3)37-28-9-13-33-30(38-28)21-18-35-40(20-21)45(42,43)24-4-5-24/h8-9,12-13,16-20,22,24,41H,4-7,10-11,14-15H2,1-3H3,(H2,33,34,36,37,38). The Kier molecular flexibility index (Phi) is 8.71. The lowest BCUT2D eigenvalue weighted by atomic mass is 9.83. The van der Waals surface area contributed by atoms with Crippen molar-refractivity contribution in [1.82, 2.24) is 34.0 Å². The number of nitrogens with one attached hydrogen (secondary N) is 2. The summed E-state index contributed by atoms with van der Waals surface area (Å²) < 4.78 is 32.1. The monoisotopic (exact) mass is 633 g/mol. The molecule has 0 radical (unpaired) electrons. The Hall–Kier alpha value is -4.14. The zero-order chi connectivity index (χ0) is 31.6. The third-order valence-corrected chi connectivity index (χ3v) is 10.1. The maximum atomic E-state index is 12.6. The van der Waals surface area contributed by atoms with Crippen molar-refractivity contribution in [3.8, 4) is 28.4 Å². The van der Waals surface area contributed by atoms with Crippen LogP contribution in [0.3, 0.4) is 0 Å². The lowest BCUT2D eigenvalue weighted by Gasteiger charge is -2.34. The quantitative estimate of drug-likeness (QED) is 0.207. The average molecular weight is 634 g/mol. The van der Waals surface area contributed by atoms with Crippen LogP contribution in [0.5, 0.6) is 5.75 Å². The lowest BCUT2D eigenvalue weighted by Crippen LogP contribution is -2.35. The van der Waals surface area contributed by atoms with Gasteiger partial charge in [-0.25, -0.2) is 23.4 Å². The Morgan fingerprint density at radius 2 is 1.82 bits per heavy atom. The molecule has 0 atom stereocenters. The van der Waals surface area contributed by atoms with Crippen LogP contribution < -0.4 is 15.4 Å². The summed E-state index contributed by atoms with van der Waals surface area (Å²) in [4.78, 5) is 20.3. The molecule has 45 heavy (non-hydrogen) atoms. The molecular formula is C31H39N9O4S. The zero-order valence-electron chi connectivity index (χ0n) is 25.7. The van der Waals surface area contributed by atoms with Gasteiger partial charge in [0.25, 0.3) is 10.0 Å². The fourth-order valence-corrected chi connectivity index (χ4v) is 6.70. The molecule has 2 aliphatic rings. The summed E-state index contributed by atoms with van der Waals surface area (Å²) in [5.41, 5.74) is 2.25. The van der Waals surface area contributed by atoms with Gasteiger partial charge in [-0.2, -0.15) is 9.19 Å². The second kappa shape index (κ2) is 12.7. The number of hydrogen-bond donors (Lipinski definition) is 3. The van der Waals surface area contributed by atoms with Gasteiger partial charge in [-0.3, -0.25) is 4.98 Å². The maximum absolute atomic E-state index is 12.6. The van der Waals surface area contributed by atoms with Crippen molar-refractivity contribution in [3.05, 3.63) is 55.2 Å². The van der Waals surface area contributed by atoms with Crippen LogP contribution in [-0.4, -0.2) is 91.7 Å². The third kappa shape index (κ3) is 7.57. The first kappa shape index (κ1) is 30.9. The smallest absolute Gasteiger partial charge is 0.256 e. The summed E-state index contributed by atoms with van der Waals surface area (Å²) in [6.45, 7) is 3.25. The van der Waals surface area contributed by atoms with E-state index in [1.54, 1.807) is 24.7 Å². The van der Waals surface area contributed by atoms with E-state index < -0.39 is 15.6 Å². The van der Waals surface area contributed by atoms with Crippen LogP contribution in [0.4, 0.5) is 17.3 Å². The number of pyridine rings is 2. The fourth-order valence-electron chi connectivity index (χ4n) is 5.22. The second-order valence-corrected chi connectivity index (χ2v) is 14.4. The molecule has 0 aliphatic heterocycles. The molecule has 4 heterocycles. The van der Waals surface area contributed by atoms with Crippen molar-refractivity contribution in [1.29, 1.82) is 0 Å². The number of hydrogen-bond acceptors (Lipinski definition) is 12. The molecular weight excluding hydrogens is 594 g/mol. The van der Waals surface area contributed by atoms with E-state index in [9.17, 15) is 13.5 Å². The number of likely N-dealkylation sites (N-methyl/N-ethyl adjacent to an activating group) is 1. The minimum Gasteiger partial charge on any atom is -0.492 e. The Bertz CT molecular complexity index is 1750. The first-order valence-corrected chi connectivity index (χ1v) is 16.7. The van der Waals surface area contributed by atoms with E-state index in [0.29, 0.717) is 55.3 Å². The van der Waals surface area contributed by atoms with Crippen LogP contribution in [0, 0.1) is 0 Å². The van der Waals surface area contributed by atoms with E-state index in [0.717, 1.165) is 46.2 Å². The highest BCUT2D eigenvalue weighted by Crippen LogP contribution is 2.35. The molecule has 0 bridgehead atoms. The number of anilines is 3. The summed E-state index contributed by atoms with van der Waals surface area (Å²) in [5, 5.41) is 21.1. The van der Waals surface area contributed by atoms with Crippen molar-refractivity contribution in [2.75, 3.05) is 37.9 Å². The highest BCUT2D eigenvalue weighted by Gasteiger charge is 2.37. The summed E-state index contributed by atoms with van der Waals surface area (Å²) in [6.07, 6.45) is 12.4. The highest BCUT2D eigenvalue weighted by atomic mass is 32.2. The van der Waals surface area contributed by atoms with Gasteiger partial charge in [0.15, 0.2) is 5.82 Å². The molecule has 4 aromatic heterocycles. The highest BCUT2D eigenvalue weighted by molar-refractivity contribution is 7.90. The van der Waals surface area contributed by atoms with E-state index in [4.69, 9.17) is 4.74 Å². The first-order valence-electron chi connectivity index (χ1n) is 15.2. The van der Waals surface area contributed by atoms with Crippen LogP contribution in [0.2, 0.25) is 0 Å². The molecule has 2 aliphatic carbocycles. The molecule has 2 saturated carbocycles. The molecule has 2 fully saturated rings. The largest absolute Gasteiger partial charge is 0.492 e. The molecule has 4 aromatic rings. The van der Waals surface area contributed by atoms with Crippen molar-refractivity contribution in [3.63, 3.8) is 0 Å². The van der Waals surface area contributed by atoms with E-state index in [2.05, 4.69) is 40.6 Å². The minimum absolute atomic E-state index is 0.174. The van der Waals surface area contributed by atoms with Gasteiger partial charge in [0.05, 0.1) is 34.5 Å². The normalized spacial score (nSPS) is 20.2. The number of nitrogens with zero attached hydrogens (tertiary/aromatic N) is 7. The first-order chi connectivity index (χ1) is 21.6. The van der Waals surface area contributed by atoms with Crippen LogP contribution >= 0.6 is 0 Å². The van der Waals surface area contributed by atoms with Gasteiger partial charge in [0.2, 0.25) is 0 Å². The Morgan fingerprint density at radius 1 is 1.04 bits per heavy atom. The summed E-state index contributed by atoms with van der Waals surface area (Å²) in [7, 11) is 0.523. The van der Waals surface area contributed by atoms with Crippen molar-refractivity contribution >= 4 is 27.3 Å². The lowest BCUT2D eigenvalue weighted by molar-refractivity contribution is 0.0196. The van der Waals surface area contributed by atoms with Crippen LogP contribution in [0.1, 0.15) is 45.4 Å². The summed E-state index contributed by atoms with van der Waals surface area (Å²) in [5.74, 6) is 2.12. The molecule has 0 amide bonds. The minimum atomic E-state index is -3.48. The van der Waals surface area contributed by atoms with Crippen molar-refractivity contribution < 1.29 is 18.3 Å². The molecule has 0 aromatic carbocycles. The molecule has 3 N–H and O–H groups in total. The number of aromatic nitrogens is 6. The van der Waals surface area contributed by atoms with Gasteiger partial charge in [-0.1, -0.05) is 0 Å². The number of rotatable bonds is 12. The van der Waals surface area contributed by atoms with Gasteiger partial charge in [-0.05, 0) is 71.7 Å².